The van der Waals surface area contributed by atoms with E-state index in [1.54, 1.807) is 11.3 Å². The molecule has 0 spiro atoms. The number of hydrogen-bond acceptors (Lipinski definition) is 5. The van der Waals surface area contributed by atoms with Crippen LogP contribution in [-0.2, 0) is 11.8 Å². The van der Waals surface area contributed by atoms with E-state index >= 15 is 0 Å². The molecule has 4 nitrogen and oxygen atoms in total. The van der Waals surface area contributed by atoms with Crippen molar-refractivity contribution in [2.24, 2.45) is 0 Å². The average molecular weight is 403 g/mol. The largest absolute Gasteiger partial charge is 0.422 e. The molecule has 0 amide bonds. The molecule has 0 atom stereocenters. The van der Waals surface area contributed by atoms with Gasteiger partial charge in [0.2, 0.25) is 0 Å². The van der Waals surface area contributed by atoms with Gasteiger partial charge in [0.05, 0.1) is 15.8 Å². The van der Waals surface area contributed by atoms with Crippen LogP contribution in [0.1, 0.15) is 37.8 Å². The summed E-state index contributed by atoms with van der Waals surface area (Å²) in [5.41, 5.74) is 5.85. The Morgan fingerprint density at radius 2 is 2.03 bits per heavy atom. The summed E-state index contributed by atoms with van der Waals surface area (Å²) in [6.07, 6.45) is 3.34. The SMILES string of the molecule is CC1(C)CCN2CCCc3cc4cc(-c5nc6ccccc6s5)c(=O)oc4c1c32. The predicted molar refractivity (Wildman–Crippen MR) is 119 cm³/mol. The van der Waals surface area contributed by atoms with Gasteiger partial charge in [-0.3, -0.25) is 0 Å². The van der Waals surface area contributed by atoms with Crippen molar-refractivity contribution in [3.63, 3.8) is 0 Å². The minimum atomic E-state index is -0.295. The van der Waals surface area contributed by atoms with Crippen molar-refractivity contribution < 1.29 is 4.42 Å². The number of fused-ring (bicyclic) bond motifs is 3. The second kappa shape index (κ2) is 5.92. The monoisotopic (exact) mass is 402 g/mol. The normalized spacial score (nSPS) is 17.7. The molecular weight excluding hydrogens is 380 g/mol. The average Bonchev–Trinajstić information content (AvgIpc) is 3.13. The number of aryl methyl sites for hydroxylation is 1. The molecule has 2 aliphatic heterocycles. The maximum atomic E-state index is 13.0. The number of para-hydroxylation sites is 1. The van der Waals surface area contributed by atoms with Gasteiger partial charge in [0.15, 0.2) is 0 Å². The maximum Gasteiger partial charge on any atom is 0.346 e. The fourth-order valence-electron chi connectivity index (χ4n) is 4.96. The zero-order valence-electron chi connectivity index (χ0n) is 16.6. The molecule has 0 fully saturated rings. The third-order valence-electron chi connectivity index (χ3n) is 6.47. The fourth-order valence-corrected chi connectivity index (χ4v) is 5.93. The van der Waals surface area contributed by atoms with E-state index in [1.165, 1.54) is 23.2 Å². The van der Waals surface area contributed by atoms with Crippen LogP contribution in [0.2, 0.25) is 0 Å². The van der Waals surface area contributed by atoms with Gasteiger partial charge >= 0.3 is 5.63 Å². The first-order chi connectivity index (χ1) is 14.0. The highest BCUT2D eigenvalue weighted by atomic mass is 32.1. The zero-order chi connectivity index (χ0) is 19.8. The molecule has 0 unspecified atom stereocenters. The van der Waals surface area contributed by atoms with Crippen molar-refractivity contribution in [2.75, 3.05) is 18.0 Å². The fraction of sp³-hybridized carbons (Fsp3) is 0.333. The third-order valence-corrected chi connectivity index (χ3v) is 7.54. The lowest BCUT2D eigenvalue weighted by Gasteiger charge is -2.43. The van der Waals surface area contributed by atoms with Crippen LogP contribution >= 0.6 is 11.3 Å². The Hall–Kier alpha value is -2.66. The summed E-state index contributed by atoms with van der Waals surface area (Å²) in [5, 5.41) is 1.75. The summed E-state index contributed by atoms with van der Waals surface area (Å²) in [6.45, 7) is 6.72. The molecule has 0 aliphatic carbocycles. The molecule has 0 radical (unpaired) electrons. The number of benzene rings is 2. The van der Waals surface area contributed by atoms with Gasteiger partial charge in [-0.15, -0.1) is 11.3 Å². The Morgan fingerprint density at radius 1 is 1.17 bits per heavy atom. The molecular formula is C24H22N2O2S. The second-order valence-electron chi connectivity index (χ2n) is 8.84. The second-order valence-corrected chi connectivity index (χ2v) is 9.87. The Morgan fingerprint density at radius 3 is 2.90 bits per heavy atom. The van der Waals surface area contributed by atoms with Crippen LogP contribution in [0.4, 0.5) is 5.69 Å². The van der Waals surface area contributed by atoms with E-state index in [2.05, 4.69) is 29.8 Å². The minimum absolute atomic E-state index is 0.00917. The molecule has 2 aromatic heterocycles. The molecule has 0 N–H and O–H groups in total. The van der Waals surface area contributed by atoms with Gasteiger partial charge in [0.1, 0.15) is 10.6 Å². The van der Waals surface area contributed by atoms with E-state index in [4.69, 9.17) is 4.42 Å². The van der Waals surface area contributed by atoms with Crippen LogP contribution in [0.5, 0.6) is 0 Å². The lowest BCUT2D eigenvalue weighted by Crippen LogP contribution is -2.40. The highest BCUT2D eigenvalue weighted by Crippen LogP contribution is 2.47. The van der Waals surface area contributed by atoms with Crippen molar-refractivity contribution in [1.29, 1.82) is 0 Å². The molecule has 2 aromatic carbocycles. The van der Waals surface area contributed by atoms with Gasteiger partial charge in [-0.1, -0.05) is 26.0 Å². The van der Waals surface area contributed by atoms with Crippen molar-refractivity contribution in [3.8, 4) is 10.6 Å². The maximum absolute atomic E-state index is 13.0. The van der Waals surface area contributed by atoms with E-state index in [-0.39, 0.29) is 11.0 Å². The molecule has 4 heterocycles. The van der Waals surface area contributed by atoms with E-state index < -0.39 is 0 Å². The van der Waals surface area contributed by atoms with Crippen LogP contribution in [-0.4, -0.2) is 18.1 Å². The summed E-state index contributed by atoms with van der Waals surface area (Å²) in [7, 11) is 0. The Balaban J connectivity index is 1.65. The number of anilines is 1. The van der Waals surface area contributed by atoms with Gasteiger partial charge < -0.3 is 9.32 Å². The highest BCUT2D eigenvalue weighted by molar-refractivity contribution is 7.21. The van der Waals surface area contributed by atoms with Crippen LogP contribution < -0.4 is 10.5 Å². The minimum Gasteiger partial charge on any atom is -0.422 e. The number of hydrogen-bond donors (Lipinski definition) is 0. The summed E-state index contributed by atoms with van der Waals surface area (Å²) in [6, 6.07) is 12.2. The Kier molecular flexibility index (Phi) is 3.52. The first kappa shape index (κ1) is 17.2. The van der Waals surface area contributed by atoms with Gasteiger partial charge in [-0.05, 0) is 54.5 Å². The first-order valence-corrected chi connectivity index (χ1v) is 11.1. The van der Waals surface area contributed by atoms with E-state index in [0.717, 1.165) is 52.1 Å². The van der Waals surface area contributed by atoms with Crippen LogP contribution in [0, 0.1) is 0 Å². The van der Waals surface area contributed by atoms with Gasteiger partial charge in [-0.25, -0.2) is 9.78 Å². The number of nitrogens with zero attached hydrogens (tertiary/aromatic N) is 2. The molecule has 5 heteroatoms. The quantitative estimate of drug-likeness (QED) is 0.394. The Labute approximate surface area is 172 Å². The predicted octanol–water partition coefficient (Wildman–Crippen LogP) is 5.50. The van der Waals surface area contributed by atoms with Crippen molar-refractivity contribution in [1.82, 2.24) is 4.98 Å². The van der Waals surface area contributed by atoms with Crippen molar-refractivity contribution in [3.05, 3.63) is 57.9 Å². The van der Waals surface area contributed by atoms with Gasteiger partial charge in [0.25, 0.3) is 0 Å². The molecule has 29 heavy (non-hydrogen) atoms. The molecule has 0 bridgehead atoms. The summed E-state index contributed by atoms with van der Waals surface area (Å²) in [5.74, 6) is 0. The van der Waals surface area contributed by atoms with Gasteiger partial charge in [0, 0.05) is 29.7 Å². The summed E-state index contributed by atoms with van der Waals surface area (Å²) in [4.78, 5) is 20.2. The zero-order valence-corrected chi connectivity index (χ0v) is 17.4. The van der Waals surface area contributed by atoms with E-state index in [1.807, 2.05) is 30.3 Å². The smallest absolute Gasteiger partial charge is 0.346 e. The van der Waals surface area contributed by atoms with Crippen molar-refractivity contribution >= 4 is 38.2 Å². The van der Waals surface area contributed by atoms with Crippen molar-refractivity contribution in [2.45, 2.75) is 38.5 Å². The molecule has 146 valence electrons. The van der Waals surface area contributed by atoms with Crippen LogP contribution in [0.3, 0.4) is 0 Å². The standard InChI is InChI=1S/C24H22N2O2S/c1-24(2)9-11-26-10-5-6-14-12-15-13-16(23(27)28-21(15)19(24)20(14)26)22-25-17-7-3-4-8-18(17)29-22/h3-4,7-8,12-13H,5-6,9-11H2,1-2H3. The van der Waals surface area contributed by atoms with E-state index in [0.29, 0.717) is 5.56 Å². The Bertz CT molecular complexity index is 1320. The molecule has 0 saturated heterocycles. The highest BCUT2D eigenvalue weighted by Gasteiger charge is 2.37. The third kappa shape index (κ3) is 2.50. The number of rotatable bonds is 1. The number of aromatic nitrogens is 1. The first-order valence-electron chi connectivity index (χ1n) is 10.3. The number of thiazole rings is 1. The lowest BCUT2D eigenvalue weighted by molar-refractivity contribution is 0.437. The lowest BCUT2D eigenvalue weighted by atomic mass is 9.74. The molecule has 0 saturated carbocycles. The molecule has 4 aromatic rings. The van der Waals surface area contributed by atoms with Crippen LogP contribution in [0.15, 0.2) is 45.6 Å². The van der Waals surface area contributed by atoms with Gasteiger partial charge in [-0.2, -0.15) is 0 Å². The topological polar surface area (TPSA) is 46.3 Å². The summed E-state index contributed by atoms with van der Waals surface area (Å²) < 4.78 is 7.12. The molecule has 6 rings (SSSR count). The van der Waals surface area contributed by atoms with E-state index in [9.17, 15) is 4.79 Å². The van der Waals surface area contributed by atoms with Crippen LogP contribution in [0.25, 0.3) is 31.8 Å². The summed E-state index contributed by atoms with van der Waals surface area (Å²) >= 11 is 1.54. The molecule has 2 aliphatic rings.